The van der Waals surface area contributed by atoms with Crippen LogP contribution in [0.1, 0.15) is 47.5 Å². The van der Waals surface area contributed by atoms with Gasteiger partial charge in [0, 0.05) is 38.3 Å². The molecule has 1 saturated heterocycles. The first-order valence-electron chi connectivity index (χ1n) is 8.39. The van der Waals surface area contributed by atoms with Crippen LogP contribution in [0.2, 0.25) is 0 Å². The Hall–Kier alpha value is -0.120. The third-order valence-corrected chi connectivity index (χ3v) is 4.71. The molecule has 0 spiro atoms. The van der Waals surface area contributed by atoms with Gasteiger partial charge in [-0.25, -0.2) is 0 Å². The number of hydrogen-bond acceptors (Lipinski definition) is 3. The number of likely N-dealkylation sites (tertiary alicyclic amines) is 1. The summed E-state index contributed by atoms with van der Waals surface area (Å²) in [6, 6.07) is 1.30. The average Bonchev–Trinajstić information content (AvgIpc) is 2.68. The quantitative estimate of drug-likeness (QED) is 0.739. The molecule has 3 atom stereocenters. The van der Waals surface area contributed by atoms with Crippen LogP contribution in [0.4, 0.5) is 0 Å². The van der Waals surface area contributed by atoms with Crippen LogP contribution in [0.3, 0.4) is 0 Å². The molecular weight excluding hydrogens is 246 g/mol. The van der Waals surface area contributed by atoms with E-state index in [0.717, 1.165) is 18.5 Å². The Labute approximate surface area is 127 Å². The molecule has 3 heteroatoms. The molecule has 3 nitrogen and oxygen atoms in total. The van der Waals surface area contributed by atoms with Crippen LogP contribution >= 0.6 is 0 Å². The van der Waals surface area contributed by atoms with Gasteiger partial charge in [0.1, 0.15) is 0 Å². The van der Waals surface area contributed by atoms with E-state index in [9.17, 15) is 0 Å². The lowest BCUT2D eigenvalue weighted by atomic mass is 9.84. The van der Waals surface area contributed by atoms with Gasteiger partial charge in [0.2, 0.25) is 0 Å². The van der Waals surface area contributed by atoms with Crippen molar-refractivity contribution in [2.75, 3.05) is 40.3 Å². The maximum absolute atomic E-state index is 3.65. The number of hydrogen-bond donors (Lipinski definition) is 1. The normalized spacial score (nSPS) is 27.4. The van der Waals surface area contributed by atoms with Gasteiger partial charge >= 0.3 is 0 Å². The van der Waals surface area contributed by atoms with Crippen LogP contribution in [-0.2, 0) is 0 Å². The third-order valence-electron chi connectivity index (χ3n) is 4.71. The van der Waals surface area contributed by atoms with Crippen LogP contribution in [0.15, 0.2) is 0 Å². The van der Waals surface area contributed by atoms with Crippen molar-refractivity contribution in [2.45, 2.75) is 59.5 Å². The van der Waals surface area contributed by atoms with Gasteiger partial charge in [0.05, 0.1) is 0 Å². The molecule has 0 aromatic rings. The molecule has 20 heavy (non-hydrogen) atoms. The molecule has 1 aliphatic heterocycles. The monoisotopic (exact) mass is 283 g/mol. The summed E-state index contributed by atoms with van der Waals surface area (Å²) in [6.07, 6.45) is 2.58. The highest BCUT2D eigenvalue weighted by Crippen LogP contribution is 2.28. The molecule has 0 bridgehead atoms. The lowest BCUT2D eigenvalue weighted by Crippen LogP contribution is -2.44. The summed E-state index contributed by atoms with van der Waals surface area (Å²) >= 11 is 0. The van der Waals surface area contributed by atoms with Crippen molar-refractivity contribution >= 4 is 0 Å². The maximum atomic E-state index is 3.65. The second-order valence-corrected chi connectivity index (χ2v) is 7.80. The Kier molecular flexibility index (Phi) is 6.96. The first kappa shape index (κ1) is 17.9. The van der Waals surface area contributed by atoms with Crippen LogP contribution in [-0.4, -0.2) is 62.2 Å². The van der Waals surface area contributed by atoms with E-state index >= 15 is 0 Å². The van der Waals surface area contributed by atoms with Crippen molar-refractivity contribution in [2.24, 2.45) is 11.3 Å². The van der Waals surface area contributed by atoms with Crippen molar-refractivity contribution in [1.29, 1.82) is 0 Å². The van der Waals surface area contributed by atoms with Crippen LogP contribution in [0.25, 0.3) is 0 Å². The van der Waals surface area contributed by atoms with Crippen molar-refractivity contribution in [3.63, 3.8) is 0 Å². The zero-order valence-corrected chi connectivity index (χ0v) is 14.9. The summed E-state index contributed by atoms with van der Waals surface area (Å²) in [5.74, 6) is 0.786. The van der Waals surface area contributed by atoms with Gasteiger partial charge in [-0.2, -0.15) is 0 Å². The maximum Gasteiger partial charge on any atom is 0.0254 e. The molecule has 0 saturated carbocycles. The van der Waals surface area contributed by atoms with Gasteiger partial charge in [-0.1, -0.05) is 41.0 Å². The molecule has 120 valence electrons. The molecule has 1 heterocycles. The van der Waals surface area contributed by atoms with Gasteiger partial charge in [-0.05, 0) is 31.8 Å². The minimum absolute atomic E-state index is 0.403. The van der Waals surface area contributed by atoms with Gasteiger partial charge < -0.3 is 15.1 Å². The summed E-state index contributed by atoms with van der Waals surface area (Å²) in [5, 5.41) is 3.65. The molecule has 3 unspecified atom stereocenters. The topological polar surface area (TPSA) is 18.5 Å². The van der Waals surface area contributed by atoms with Crippen molar-refractivity contribution in [3.8, 4) is 0 Å². The van der Waals surface area contributed by atoms with Crippen LogP contribution in [0, 0.1) is 11.3 Å². The van der Waals surface area contributed by atoms with E-state index < -0.39 is 0 Å². The lowest BCUT2D eigenvalue weighted by molar-refractivity contribution is 0.160. The van der Waals surface area contributed by atoms with Gasteiger partial charge in [0.25, 0.3) is 0 Å². The average molecular weight is 284 g/mol. The molecule has 0 aromatic carbocycles. The fourth-order valence-electron chi connectivity index (χ4n) is 3.67. The molecule has 0 radical (unpaired) electrons. The lowest BCUT2D eigenvalue weighted by Gasteiger charge is -2.35. The Balaban J connectivity index is 2.57. The van der Waals surface area contributed by atoms with Gasteiger partial charge in [-0.15, -0.1) is 0 Å². The Morgan fingerprint density at radius 2 is 1.95 bits per heavy atom. The highest BCUT2D eigenvalue weighted by molar-refractivity contribution is 4.90. The van der Waals surface area contributed by atoms with Crippen LogP contribution in [0.5, 0.6) is 0 Å². The summed E-state index contributed by atoms with van der Waals surface area (Å²) < 4.78 is 0. The van der Waals surface area contributed by atoms with Crippen molar-refractivity contribution < 1.29 is 0 Å². The molecule has 0 aliphatic carbocycles. The number of nitrogens with one attached hydrogen (secondary N) is 1. The van der Waals surface area contributed by atoms with E-state index in [1.54, 1.807) is 0 Å². The summed E-state index contributed by atoms with van der Waals surface area (Å²) in [6.45, 7) is 16.5. The number of likely N-dealkylation sites (N-methyl/N-ethyl adjacent to an activating group) is 1. The number of rotatable bonds is 8. The van der Waals surface area contributed by atoms with Gasteiger partial charge in [-0.3, -0.25) is 0 Å². The smallest absolute Gasteiger partial charge is 0.0254 e. The van der Waals surface area contributed by atoms with E-state index in [1.165, 1.54) is 32.5 Å². The highest BCUT2D eigenvalue weighted by Gasteiger charge is 2.35. The molecular formula is C17H37N3. The number of nitrogens with zero attached hydrogens (tertiary/aromatic N) is 2. The molecule has 0 amide bonds. The summed E-state index contributed by atoms with van der Waals surface area (Å²) in [4.78, 5) is 5.08. The molecule has 1 rings (SSSR count). The van der Waals surface area contributed by atoms with Crippen LogP contribution < -0.4 is 5.32 Å². The zero-order valence-electron chi connectivity index (χ0n) is 14.9. The second-order valence-electron chi connectivity index (χ2n) is 7.80. The van der Waals surface area contributed by atoms with Gasteiger partial charge in [0.15, 0.2) is 0 Å². The Morgan fingerprint density at radius 1 is 1.30 bits per heavy atom. The Bertz CT molecular complexity index is 277. The Morgan fingerprint density at radius 3 is 2.40 bits per heavy atom. The summed E-state index contributed by atoms with van der Waals surface area (Å²) in [5.41, 5.74) is 0.403. The zero-order chi connectivity index (χ0) is 15.3. The van der Waals surface area contributed by atoms with Crippen molar-refractivity contribution in [1.82, 2.24) is 15.1 Å². The SMILES string of the molecule is CCCC(C)(CNC(C)C)CN1CC(C)C(N(C)C)C1. The molecule has 1 N–H and O–H groups in total. The minimum Gasteiger partial charge on any atom is -0.314 e. The first-order valence-corrected chi connectivity index (χ1v) is 8.39. The minimum atomic E-state index is 0.403. The second kappa shape index (κ2) is 7.77. The first-order chi connectivity index (χ1) is 9.27. The molecule has 1 aliphatic rings. The summed E-state index contributed by atoms with van der Waals surface area (Å²) in [7, 11) is 4.44. The van der Waals surface area contributed by atoms with E-state index in [2.05, 4.69) is 63.8 Å². The predicted octanol–water partition coefficient (Wildman–Crippen LogP) is 2.67. The highest BCUT2D eigenvalue weighted by atomic mass is 15.2. The largest absolute Gasteiger partial charge is 0.314 e. The van der Waals surface area contributed by atoms with E-state index in [1.807, 2.05) is 0 Å². The predicted molar refractivity (Wildman–Crippen MR) is 89.2 cm³/mol. The fourth-order valence-corrected chi connectivity index (χ4v) is 3.67. The van der Waals surface area contributed by atoms with E-state index in [0.29, 0.717) is 11.5 Å². The van der Waals surface area contributed by atoms with E-state index in [4.69, 9.17) is 0 Å². The molecule has 0 aromatic heterocycles. The third kappa shape index (κ3) is 5.34. The standard InChI is InChI=1S/C17H37N3/c1-8-9-17(5,12-18-14(2)3)13-20-10-15(4)16(11-20)19(6)7/h14-16,18H,8-13H2,1-7H3. The van der Waals surface area contributed by atoms with Crippen molar-refractivity contribution in [3.05, 3.63) is 0 Å². The molecule has 1 fully saturated rings. The van der Waals surface area contributed by atoms with E-state index in [-0.39, 0.29) is 0 Å². The fraction of sp³-hybridized carbons (Fsp3) is 1.00.